The summed E-state index contributed by atoms with van der Waals surface area (Å²) >= 11 is 0. The number of carbonyl (C=O) groups is 1. The van der Waals surface area contributed by atoms with Gasteiger partial charge in [0.15, 0.2) is 11.5 Å². The molecule has 5 rings (SSSR count). The largest absolute Gasteiger partial charge is 0.504 e. The number of phenolic OH excluding ortho intramolecular Hbond substituents is 2. The fourth-order valence-corrected chi connectivity index (χ4v) is 7.64. The summed E-state index contributed by atoms with van der Waals surface area (Å²) in [6.45, 7) is 4.82. The van der Waals surface area contributed by atoms with Crippen molar-refractivity contribution in [3.8, 4) is 11.5 Å². The van der Waals surface area contributed by atoms with Crippen molar-refractivity contribution in [2.75, 3.05) is 0 Å². The molecule has 0 aromatic heterocycles. The van der Waals surface area contributed by atoms with Gasteiger partial charge in [0, 0.05) is 11.5 Å². The lowest BCUT2D eigenvalue weighted by atomic mass is 9.47. The summed E-state index contributed by atoms with van der Waals surface area (Å²) in [5, 5.41) is 23.0. The molecule has 2 unspecified atom stereocenters. The molecular formula is C24H31NO3. The molecule has 7 atom stereocenters. The number of aromatic hydroxyl groups is 2. The van der Waals surface area contributed by atoms with E-state index < -0.39 is 0 Å². The Labute approximate surface area is 167 Å². The fraction of sp³-hybridized carbons (Fsp3) is 0.625. The van der Waals surface area contributed by atoms with E-state index in [0.29, 0.717) is 23.7 Å². The molecule has 4 heteroatoms. The SMILES string of the molecule is C[C@]12C=CC(=O)NC1CC[C@@H]1[C@H]2CC[C@]2(C)C(c3ccc(O)c(O)c3)CC[C@@H]12. The molecule has 0 radical (unpaired) electrons. The summed E-state index contributed by atoms with van der Waals surface area (Å²) in [5.74, 6) is 2.49. The number of nitrogens with one attached hydrogen (secondary N) is 1. The van der Waals surface area contributed by atoms with E-state index >= 15 is 0 Å². The van der Waals surface area contributed by atoms with Gasteiger partial charge < -0.3 is 15.5 Å². The highest BCUT2D eigenvalue weighted by Crippen LogP contribution is 2.67. The van der Waals surface area contributed by atoms with Crippen molar-refractivity contribution in [3.05, 3.63) is 35.9 Å². The number of hydrogen-bond donors (Lipinski definition) is 3. The zero-order chi connectivity index (χ0) is 19.7. The van der Waals surface area contributed by atoms with Crippen LogP contribution in [0, 0.1) is 28.6 Å². The molecule has 4 aliphatic rings. The Kier molecular flexibility index (Phi) is 3.88. The zero-order valence-electron chi connectivity index (χ0n) is 16.8. The van der Waals surface area contributed by atoms with Gasteiger partial charge in [0.05, 0.1) is 0 Å². The molecule has 3 fully saturated rings. The van der Waals surface area contributed by atoms with Crippen LogP contribution in [-0.4, -0.2) is 22.2 Å². The van der Waals surface area contributed by atoms with E-state index in [9.17, 15) is 15.0 Å². The maximum atomic E-state index is 11.9. The number of fused-ring (bicyclic) bond motifs is 5. The van der Waals surface area contributed by atoms with Crippen LogP contribution < -0.4 is 5.32 Å². The van der Waals surface area contributed by atoms with Crippen LogP contribution in [0.2, 0.25) is 0 Å². The lowest BCUT2D eigenvalue weighted by Gasteiger charge is -2.59. The van der Waals surface area contributed by atoms with Crippen LogP contribution in [0.1, 0.15) is 63.9 Å². The van der Waals surface area contributed by atoms with Crippen molar-refractivity contribution in [1.29, 1.82) is 0 Å². The van der Waals surface area contributed by atoms with Crippen LogP contribution in [0.4, 0.5) is 0 Å². The highest BCUT2D eigenvalue weighted by Gasteiger charge is 2.59. The van der Waals surface area contributed by atoms with Crippen molar-refractivity contribution in [1.82, 2.24) is 5.32 Å². The summed E-state index contributed by atoms with van der Waals surface area (Å²) < 4.78 is 0. The minimum Gasteiger partial charge on any atom is -0.504 e. The highest BCUT2D eigenvalue weighted by atomic mass is 16.3. The summed E-state index contributed by atoms with van der Waals surface area (Å²) in [7, 11) is 0. The van der Waals surface area contributed by atoms with Gasteiger partial charge in [-0.2, -0.15) is 0 Å². The fourth-order valence-electron chi connectivity index (χ4n) is 7.64. The lowest BCUT2D eigenvalue weighted by Crippen LogP contribution is -2.59. The smallest absolute Gasteiger partial charge is 0.243 e. The van der Waals surface area contributed by atoms with Crippen LogP contribution in [0.3, 0.4) is 0 Å². The predicted octanol–water partition coefficient (Wildman–Crippen LogP) is 4.48. The van der Waals surface area contributed by atoms with Crippen molar-refractivity contribution in [3.63, 3.8) is 0 Å². The first-order valence-corrected chi connectivity index (χ1v) is 10.8. The van der Waals surface area contributed by atoms with Gasteiger partial charge >= 0.3 is 0 Å². The number of phenols is 2. The second-order valence-corrected chi connectivity index (χ2v) is 10.1. The molecule has 1 aromatic rings. The van der Waals surface area contributed by atoms with Gasteiger partial charge in [0.25, 0.3) is 0 Å². The van der Waals surface area contributed by atoms with E-state index in [-0.39, 0.29) is 34.3 Å². The van der Waals surface area contributed by atoms with E-state index in [2.05, 4.69) is 25.2 Å². The second-order valence-electron chi connectivity index (χ2n) is 10.1. The average molecular weight is 382 g/mol. The quantitative estimate of drug-likeness (QED) is 0.628. The van der Waals surface area contributed by atoms with Gasteiger partial charge in [-0.3, -0.25) is 4.79 Å². The summed E-state index contributed by atoms with van der Waals surface area (Å²) in [6.07, 6.45) is 11.0. The first-order chi connectivity index (χ1) is 13.3. The third-order valence-corrected chi connectivity index (χ3v) is 9.09. The Hall–Kier alpha value is -1.97. The number of hydrogen-bond acceptors (Lipinski definition) is 3. The molecule has 1 aromatic carbocycles. The topological polar surface area (TPSA) is 69.6 Å². The summed E-state index contributed by atoms with van der Waals surface area (Å²) in [6, 6.07) is 5.69. The number of carbonyl (C=O) groups excluding carboxylic acids is 1. The maximum Gasteiger partial charge on any atom is 0.243 e. The summed E-state index contributed by atoms with van der Waals surface area (Å²) in [5.41, 5.74) is 1.49. The average Bonchev–Trinajstić information content (AvgIpc) is 3.02. The molecule has 150 valence electrons. The Morgan fingerprint density at radius 3 is 2.61 bits per heavy atom. The van der Waals surface area contributed by atoms with Crippen molar-refractivity contribution in [2.24, 2.45) is 28.6 Å². The Balaban J connectivity index is 1.46. The minimum absolute atomic E-state index is 0.00524. The van der Waals surface area contributed by atoms with Crippen molar-refractivity contribution < 1.29 is 15.0 Å². The van der Waals surface area contributed by atoms with E-state index in [1.807, 2.05) is 6.07 Å². The maximum absolute atomic E-state index is 11.9. The van der Waals surface area contributed by atoms with Gasteiger partial charge in [-0.15, -0.1) is 0 Å². The van der Waals surface area contributed by atoms with Crippen LogP contribution in [0.15, 0.2) is 30.4 Å². The van der Waals surface area contributed by atoms with Crippen molar-refractivity contribution in [2.45, 2.75) is 64.3 Å². The van der Waals surface area contributed by atoms with Crippen molar-refractivity contribution >= 4 is 5.91 Å². The van der Waals surface area contributed by atoms with E-state index in [1.54, 1.807) is 18.2 Å². The second kappa shape index (κ2) is 6.01. The summed E-state index contributed by atoms with van der Waals surface area (Å²) in [4.78, 5) is 11.9. The standard InChI is InChI=1S/C24H31NO3/c1-23-11-9-18-15(4-8-21-24(18,2)12-10-22(28)25-21)17(23)6-5-16(23)14-3-7-19(26)20(27)13-14/h3,7,10,12-13,15-18,21,26-27H,4-6,8-9,11H2,1-2H3,(H,25,28)/t15-,16?,17-,18+,21?,23+,24+/m0/s1. The van der Waals surface area contributed by atoms with Gasteiger partial charge in [0.1, 0.15) is 0 Å². The molecule has 4 nitrogen and oxygen atoms in total. The van der Waals surface area contributed by atoms with E-state index in [4.69, 9.17) is 0 Å². The Morgan fingerprint density at radius 1 is 1.00 bits per heavy atom. The van der Waals surface area contributed by atoms with Gasteiger partial charge in [0.2, 0.25) is 5.91 Å². The van der Waals surface area contributed by atoms with Crippen LogP contribution in [0.5, 0.6) is 11.5 Å². The first kappa shape index (κ1) is 18.1. The van der Waals surface area contributed by atoms with E-state index in [1.165, 1.54) is 31.2 Å². The van der Waals surface area contributed by atoms with Crippen LogP contribution >= 0.6 is 0 Å². The Bertz CT molecular complexity index is 848. The third-order valence-electron chi connectivity index (χ3n) is 9.09. The molecule has 0 spiro atoms. The lowest BCUT2D eigenvalue weighted by molar-refractivity contribution is -0.122. The monoisotopic (exact) mass is 381 g/mol. The zero-order valence-corrected chi connectivity index (χ0v) is 16.8. The molecule has 28 heavy (non-hydrogen) atoms. The Morgan fingerprint density at radius 2 is 1.82 bits per heavy atom. The molecule has 0 bridgehead atoms. The third kappa shape index (κ3) is 2.39. The minimum atomic E-state index is -0.0375. The first-order valence-electron chi connectivity index (χ1n) is 10.8. The molecule has 1 heterocycles. The number of benzene rings is 1. The molecule has 1 amide bonds. The molecule has 0 saturated heterocycles. The molecule has 3 aliphatic carbocycles. The van der Waals surface area contributed by atoms with Gasteiger partial charge in [-0.25, -0.2) is 0 Å². The normalized spacial score (nSPS) is 44.4. The van der Waals surface area contributed by atoms with E-state index in [0.717, 1.165) is 12.8 Å². The van der Waals surface area contributed by atoms with Gasteiger partial charge in [-0.05, 0) is 91.4 Å². The number of amides is 1. The van der Waals surface area contributed by atoms with Gasteiger partial charge in [-0.1, -0.05) is 26.0 Å². The molecule has 3 saturated carbocycles. The highest BCUT2D eigenvalue weighted by molar-refractivity contribution is 5.89. The molecule has 1 aliphatic heterocycles. The number of rotatable bonds is 1. The van der Waals surface area contributed by atoms with Crippen LogP contribution in [-0.2, 0) is 4.79 Å². The predicted molar refractivity (Wildman–Crippen MR) is 108 cm³/mol. The molecule has 3 N–H and O–H groups in total. The molecular weight excluding hydrogens is 350 g/mol. The van der Waals surface area contributed by atoms with Crippen LogP contribution in [0.25, 0.3) is 0 Å².